The molecule has 368 valence electrons. The Labute approximate surface area is 410 Å². The van der Waals surface area contributed by atoms with Gasteiger partial charge >= 0.3 is 0 Å². The molecule has 4 N–H and O–H groups in total. The Morgan fingerprint density at radius 1 is 0.582 bits per heavy atom. The fourth-order valence-corrected chi connectivity index (χ4v) is 8.16. The van der Waals surface area contributed by atoms with E-state index in [1.54, 1.807) is 11.3 Å². The summed E-state index contributed by atoms with van der Waals surface area (Å²) in [5, 5.41) is 13.3. The lowest BCUT2D eigenvalue weighted by Gasteiger charge is -2.21. The van der Waals surface area contributed by atoms with Crippen LogP contribution in [-0.2, 0) is 27.2 Å². The molecule has 1 heterocycles. The van der Waals surface area contributed by atoms with Gasteiger partial charge in [0.05, 0.1) is 5.69 Å². The highest BCUT2D eigenvalue weighted by atomic mass is 32.1. The van der Waals surface area contributed by atoms with Crippen LogP contribution in [-0.4, -0.2) is 47.9 Å². The highest BCUT2D eigenvalue weighted by molar-refractivity contribution is 7.15. The average Bonchev–Trinajstić information content (AvgIpc) is 3.73. The molecule has 1 aliphatic rings. The number of hydrogen-bond donors (Lipinski definition) is 4. The lowest BCUT2D eigenvalue weighted by Crippen LogP contribution is -2.43. The van der Waals surface area contributed by atoms with Crippen molar-refractivity contribution in [1.29, 1.82) is 0 Å². The van der Waals surface area contributed by atoms with Gasteiger partial charge in [-0.1, -0.05) is 154 Å². The molecule has 8 nitrogen and oxygen atoms in total. The molecule has 2 rings (SSSR count). The molecular weight excluding hydrogens is 847 g/mol. The molecule has 1 aliphatic carbocycles. The fourth-order valence-electron chi connectivity index (χ4n) is 7.07. The van der Waals surface area contributed by atoms with E-state index in [0.717, 1.165) is 115 Å². The Hall–Kier alpha value is -4.86. The predicted octanol–water partition coefficient (Wildman–Crippen LogP) is 14.1. The van der Waals surface area contributed by atoms with E-state index < -0.39 is 6.04 Å². The number of fused-ring (bicyclic) bond motifs is 1. The van der Waals surface area contributed by atoms with Crippen LogP contribution in [0.5, 0.6) is 0 Å². The Bertz CT molecular complexity index is 1810. The second kappa shape index (κ2) is 42.5. The fraction of sp³-hybridized carbons (Fsp3) is 0.517. The van der Waals surface area contributed by atoms with E-state index in [2.05, 4.69) is 176 Å². The third kappa shape index (κ3) is 33.3. The number of aromatic nitrogens is 1. The summed E-state index contributed by atoms with van der Waals surface area (Å²) in [6, 6.07) is -0.236. The van der Waals surface area contributed by atoms with Crippen molar-refractivity contribution in [3.8, 4) is 0 Å². The Morgan fingerprint density at radius 3 is 1.58 bits per heavy atom. The maximum atomic E-state index is 13.6. The molecule has 0 fully saturated rings. The van der Waals surface area contributed by atoms with Crippen LogP contribution in [0.15, 0.2) is 134 Å². The zero-order valence-corrected chi connectivity index (χ0v) is 42.4. The van der Waals surface area contributed by atoms with Crippen LogP contribution >= 0.6 is 11.3 Å². The van der Waals surface area contributed by atoms with Crippen molar-refractivity contribution in [2.45, 2.75) is 181 Å². The molecule has 3 amide bonds. The van der Waals surface area contributed by atoms with Crippen molar-refractivity contribution in [1.82, 2.24) is 20.9 Å². The third-order valence-corrected chi connectivity index (χ3v) is 11.8. The number of nitrogens with one attached hydrogen (secondary N) is 4. The van der Waals surface area contributed by atoms with Gasteiger partial charge in [-0.15, -0.1) is 11.3 Å². The first-order valence-electron chi connectivity index (χ1n) is 25.7. The molecular formula is C58H87N5O3S. The van der Waals surface area contributed by atoms with Crippen LogP contribution in [0.1, 0.15) is 166 Å². The highest BCUT2D eigenvalue weighted by Crippen LogP contribution is 2.30. The summed E-state index contributed by atoms with van der Waals surface area (Å²) < 4.78 is 0. The molecule has 0 aromatic carbocycles. The number of unbranched alkanes of at least 4 members (excludes halogenated alkanes) is 2. The van der Waals surface area contributed by atoms with Crippen molar-refractivity contribution in [2.24, 2.45) is 0 Å². The number of carbonyl (C=O) groups excluding carboxylic acids is 3. The Balaban J connectivity index is 1.71. The summed E-state index contributed by atoms with van der Waals surface area (Å²) >= 11 is 1.55. The molecule has 0 aliphatic heterocycles. The number of rotatable bonds is 38. The molecule has 2 atom stereocenters. The summed E-state index contributed by atoms with van der Waals surface area (Å²) in [6.07, 6.45) is 67.4. The molecule has 1 aromatic heterocycles. The number of nitrogens with zero attached hydrogens (tertiary/aromatic N) is 1. The van der Waals surface area contributed by atoms with E-state index in [1.807, 2.05) is 0 Å². The van der Waals surface area contributed by atoms with Gasteiger partial charge in [0, 0.05) is 30.3 Å². The minimum atomic E-state index is -0.676. The van der Waals surface area contributed by atoms with Crippen LogP contribution in [0.25, 0.3) is 0 Å². The molecule has 0 unspecified atom stereocenters. The molecule has 0 saturated carbocycles. The molecule has 0 spiro atoms. The van der Waals surface area contributed by atoms with Crippen LogP contribution < -0.4 is 21.3 Å². The maximum Gasteiger partial charge on any atom is 0.248 e. The standard InChI is InChI=1S/C58H87N5O3S/c1-4-7-9-11-13-15-17-19-21-23-24-26-27-29-31-33-35-37-39-44-55(64)60-49-42-41-43-53(57(66)63-58-62-52-47-46-51(59-48-6-3)50-54(52)67-58)61-56(65)45-40-38-36-34-32-30-28-25-22-20-18-16-14-12-10-8-5-2/h7-10,13-16,19-22,24,26,28-31,34-37,51,53,59H,4-6,11-12,17-18,23,25,27,32-33,38-50H2,1-3H3,(H,60,64)(H,61,65)(H,62,63,66)/t51-,53+/m1/s1. The molecule has 0 bridgehead atoms. The number of amides is 3. The van der Waals surface area contributed by atoms with Gasteiger partial charge in [0.1, 0.15) is 6.04 Å². The largest absolute Gasteiger partial charge is 0.356 e. The van der Waals surface area contributed by atoms with Crippen LogP contribution in [0.3, 0.4) is 0 Å². The van der Waals surface area contributed by atoms with Crippen molar-refractivity contribution < 1.29 is 14.4 Å². The first kappa shape index (κ1) is 58.3. The monoisotopic (exact) mass is 934 g/mol. The summed E-state index contributed by atoms with van der Waals surface area (Å²) in [4.78, 5) is 45.2. The average molecular weight is 934 g/mol. The number of thiazole rings is 1. The zero-order valence-electron chi connectivity index (χ0n) is 41.6. The normalized spacial score (nSPS) is 15.3. The minimum absolute atomic E-state index is 0.0227. The van der Waals surface area contributed by atoms with Gasteiger partial charge in [-0.25, -0.2) is 4.98 Å². The van der Waals surface area contributed by atoms with Crippen molar-refractivity contribution in [3.05, 3.63) is 144 Å². The van der Waals surface area contributed by atoms with Gasteiger partial charge in [-0.2, -0.15) is 0 Å². The second-order valence-electron chi connectivity index (χ2n) is 16.8. The highest BCUT2D eigenvalue weighted by Gasteiger charge is 2.25. The number of allylic oxidation sites excluding steroid dienone is 22. The quantitative estimate of drug-likeness (QED) is 0.0390. The van der Waals surface area contributed by atoms with E-state index in [9.17, 15) is 14.4 Å². The van der Waals surface area contributed by atoms with Crippen molar-refractivity contribution in [2.75, 3.05) is 18.4 Å². The van der Waals surface area contributed by atoms with Gasteiger partial charge < -0.3 is 21.3 Å². The van der Waals surface area contributed by atoms with E-state index in [0.29, 0.717) is 62.7 Å². The summed E-state index contributed by atoms with van der Waals surface area (Å²) in [5.41, 5.74) is 1.07. The third-order valence-electron chi connectivity index (χ3n) is 10.8. The van der Waals surface area contributed by atoms with Gasteiger partial charge in [-0.3, -0.25) is 14.4 Å². The summed E-state index contributed by atoms with van der Waals surface area (Å²) in [7, 11) is 0. The molecule has 9 heteroatoms. The maximum absolute atomic E-state index is 13.6. The Morgan fingerprint density at radius 2 is 1.07 bits per heavy atom. The number of hydrogen-bond acceptors (Lipinski definition) is 6. The van der Waals surface area contributed by atoms with Crippen molar-refractivity contribution >= 4 is 34.2 Å². The predicted molar refractivity (Wildman–Crippen MR) is 289 cm³/mol. The van der Waals surface area contributed by atoms with Gasteiger partial charge in [0.2, 0.25) is 17.7 Å². The second-order valence-corrected chi connectivity index (χ2v) is 17.9. The van der Waals surface area contributed by atoms with E-state index in [-0.39, 0.29) is 17.7 Å². The van der Waals surface area contributed by atoms with E-state index in [1.165, 1.54) is 4.88 Å². The van der Waals surface area contributed by atoms with Crippen molar-refractivity contribution in [3.63, 3.8) is 0 Å². The lowest BCUT2D eigenvalue weighted by molar-refractivity contribution is -0.126. The SMILES string of the molecule is CCC=CCC=CCC=CCC=CCC=CCC=CCCC(=O)NCCCC[C@H](NC(=O)CCCC=CCC=CCC=CCC=CCC=CCC)C(=O)Nc1nc2c(s1)C[C@H](NCCC)CC2. The molecule has 1 aromatic rings. The Kier molecular flexibility index (Phi) is 37.0. The van der Waals surface area contributed by atoms with Gasteiger partial charge in [-0.05, 0) is 141 Å². The van der Waals surface area contributed by atoms with Crippen LogP contribution in [0, 0.1) is 0 Å². The number of aryl methyl sites for hydroxylation is 1. The topological polar surface area (TPSA) is 112 Å². The van der Waals surface area contributed by atoms with Gasteiger partial charge in [0.25, 0.3) is 0 Å². The first-order valence-corrected chi connectivity index (χ1v) is 26.5. The smallest absolute Gasteiger partial charge is 0.248 e. The molecule has 0 saturated heterocycles. The molecule has 67 heavy (non-hydrogen) atoms. The first-order chi connectivity index (χ1) is 33.0. The summed E-state index contributed by atoms with van der Waals surface area (Å²) in [5.74, 6) is -0.341. The van der Waals surface area contributed by atoms with Crippen LogP contribution in [0.2, 0.25) is 0 Å². The minimum Gasteiger partial charge on any atom is -0.356 e. The van der Waals surface area contributed by atoms with Gasteiger partial charge in [0.15, 0.2) is 5.13 Å². The van der Waals surface area contributed by atoms with E-state index >= 15 is 0 Å². The number of anilines is 1. The number of carbonyl (C=O) groups is 3. The molecule has 0 radical (unpaired) electrons. The van der Waals surface area contributed by atoms with E-state index in [4.69, 9.17) is 4.98 Å². The zero-order chi connectivity index (χ0) is 48.1. The summed E-state index contributed by atoms with van der Waals surface area (Å²) in [6.45, 7) is 8.01. The van der Waals surface area contributed by atoms with Crippen LogP contribution in [0.4, 0.5) is 5.13 Å². The lowest BCUT2D eigenvalue weighted by atomic mass is 9.98.